The Morgan fingerprint density at radius 2 is 1.80 bits per heavy atom. The van der Waals surface area contributed by atoms with Crippen LogP contribution in [0.3, 0.4) is 0 Å². The highest BCUT2D eigenvalue weighted by Crippen LogP contribution is 2.28. The van der Waals surface area contributed by atoms with Crippen LogP contribution in [-0.4, -0.2) is 11.5 Å². The predicted molar refractivity (Wildman–Crippen MR) is 73.8 cm³/mol. The Kier molecular flexibility index (Phi) is 4.59. The van der Waals surface area contributed by atoms with Gasteiger partial charge < -0.3 is 4.74 Å². The average molecular weight is 318 g/mol. The molecule has 0 saturated carbocycles. The van der Waals surface area contributed by atoms with E-state index in [4.69, 9.17) is 4.74 Å². The Hall–Kier alpha value is -0.0900. The molecule has 0 saturated heterocycles. The summed E-state index contributed by atoms with van der Waals surface area (Å²) >= 11 is 2.37. The van der Waals surface area contributed by atoms with Crippen LogP contribution in [0, 0.1) is 0 Å². The van der Waals surface area contributed by atoms with Gasteiger partial charge in [0.1, 0.15) is 0 Å². The van der Waals surface area contributed by atoms with Gasteiger partial charge in [0.05, 0.1) is 5.60 Å². The molecule has 0 radical (unpaired) electrons. The van der Waals surface area contributed by atoms with Crippen LogP contribution < -0.4 is 0 Å². The summed E-state index contributed by atoms with van der Waals surface area (Å²) < 4.78 is 6.53. The second-order valence-corrected chi connectivity index (χ2v) is 5.11. The van der Waals surface area contributed by atoms with Gasteiger partial charge in [-0.3, -0.25) is 0 Å². The van der Waals surface area contributed by atoms with E-state index in [2.05, 4.69) is 67.6 Å². The van der Waals surface area contributed by atoms with Crippen molar-refractivity contribution in [2.45, 2.75) is 32.3 Å². The van der Waals surface area contributed by atoms with Crippen molar-refractivity contribution in [2.24, 2.45) is 0 Å². The zero-order valence-corrected chi connectivity index (χ0v) is 12.0. The average Bonchev–Trinajstić information content (AvgIpc) is 2.28. The number of hydrogen-bond donors (Lipinski definition) is 0. The molecule has 0 aliphatic carbocycles. The molecule has 1 aromatic rings. The van der Waals surface area contributed by atoms with E-state index in [-0.39, 0.29) is 5.60 Å². The molecule has 1 unspecified atom stereocenters. The molecule has 1 aromatic carbocycles. The fraction of sp³-hybridized carbons (Fsp3) is 0.538. The van der Waals surface area contributed by atoms with Gasteiger partial charge in [0.2, 0.25) is 0 Å². The van der Waals surface area contributed by atoms with Gasteiger partial charge in [0, 0.05) is 11.5 Å². The summed E-state index contributed by atoms with van der Waals surface area (Å²) in [5.41, 5.74) is 2.48. The van der Waals surface area contributed by atoms with Crippen molar-refractivity contribution in [3.8, 4) is 0 Å². The standard InChI is InChI=1S/C13H19IO/c1-10(2)11-5-7-12(8-6-11)13(3,9-14)15-4/h5-8,10H,9H2,1-4H3. The minimum Gasteiger partial charge on any atom is -0.373 e. The van der Waals surface area contributed by atoms with E-state index in [1.807, 2.05) is 0 Å². The molecule has 84 valence electrons. The van der Waals surface area contributed by atoms with E-state index < -0.39 is 0 Å². The first-order chi connectivity index (χ1) is 7.03. The third kappa shape index (κ3) is 2.94. The predicted octanol–water partition coefficient (Wildman–Crippen LogP) is 4.11. The normalized spacial score (nSPS) is 15.3. The first-order valence-electron chi connectivity index (χ1n) is 5.25. The monoisotopic (exact) mass is 318 g/mol. The lowest BCUT2D eigenvalue weighted by molar-refractivity contribution is 0.0263. The summed E-state index contributed by atoms with van der Waals surface area (Å²) in [5, 5.41) is 0. The Labute approximate surface area is 106 Å². The molecule has 0 N–H and O–H groups in total. The van der Waals surface area contributed by atoms with Crippen LogP contribution in [0.5, 0.6) is 0 Å². The summed E-state index contributed by atoms with van der Waals surface area (Å²) in [6.45, 7) is 6.55. The van der Waals surface area contributed by atoms with Gasteiger partial charge in [-0.05, 0) is 24.0 Å². The van der Waals surface area contributed by atoms with Gasteiger partial charge in [0.25, 0.3) is 0 Å². The third-order valence-electron chi connectivity index (χ3n) is 2.89. The summed E-state index contributed by atoms with van der Waals surface area (Å²) in [5.74, 6) is 0.590. The van der Waals surface area contributed by atoms with Crippen LogP contribution in [-0.2, 0) is 10.3 Å². The van der Waals surface area contributed by atoms with E-state index in [0.717, 1.165) is 4.43 Å². The van der Waals surface area contributed by atoms with Crippen molar-refractivity contribution in [1.82, 2.24) is 0 Å². The van der Waals surface area contributed by atoms with Gasteiger partial charge in [-0.2, -0.15) is 0 Å². The fourth-order valence-electron chi connectivity index (χ4n) is 1.47. The van der Waals surface area contributed by atoms with Crippen molar-refractivity contribution in [1.29, 1.82) is 0 Å². The number of alkyl halides is 1. The van der Waals surface area contributed by atoms with Crippen molar-refractivity contribution in [3.05, 3.63) is 35.4 Å². The Morgan fingerprint density at radius 1 is 1.27 bits per heavy atom. The summed E-state index contributed by atoms with van der Waals surface area (Å²) in [4.78, 5) is 0. The van der Waals surface area contributed by atoms with Crippen LogP contribution >= 0.6 is 22.6 Å². The van der Waals surface area contributed by atoms with Crippen molar-refractivity contribution < 1.29 is 4.74 Å². The smallest absolute Gasteiger partial charge is 0.0988 e. The van der Waals surface area contributed by atoms with E-state index in [1.165, 1.54) is 11.1 Å². The van der Waals surface area contributed by atoms with Crippen molar-refractivity contribution >= 4 is 22.6 Å². The maximum Gasteiger partial charge on any atom is 0.0988 e. The molecular formula is C13H19IO. The van der Waals surface area contributed by atoms with E-state index in [0.29, 0.717) is 5.92 Å². The largest absolute Gasteiger partial charge is 0.373 e. The summed E-state index contributed by atoms with van der Waals surface area (Å²) in [7, 11) is 1.77. The minimum atomic E-state index is -0.157. The topological polar surface area (TPSA) is 9.23 Å². The Balaban J connectivity index is 2.97. The Bertz CT molecular complexity index is 299. The molecule has 0 aliphatic rings. The highest BCUT2D eigenvalue weighted by Gasteiger charge is 2.24. The van der Waals surface area contributed by atoms with Crippen LogP contribution in [0.4, 0.5) is 0 Å². The molecule has 1 atom stereocenters. The lowest BCUT2D eigenvalue weighted by Gasteiger charge is -2.26. The quantitative estimate of drug-likeness (QED) is 0.600. The number of ether oxygens (including phenoxy) is 1. The lowest BCUT2D eigenvalue weighted by atomic mass is 9.94. The molecule has 0 spiro atoms. The molecule has 0 amide bonds. The van der Waals surface area contributed by atoms with Gasteiger partial charge in [-0.15, -0.1) is 0 Å². The SMILES string of the molecule is COC(C)(CI)c1ccc(C(C)C)cc1. The molecule has 0 aliphatic heterocycles. The molecular weight excluding hydrogens is 299 g/mol. The zero-order valence-electron chi connectivity index (χ0n) is 9.88. The summed E-state index contributed by atoms with van der Waals surface area (Å²) in [6.07, 6.45) is 0. The van der Waals surface area contributed by atoms with E-state index in [1.54, 1.807) is 7.11 Å². The summed E-state index contributed by atoms with van der Waals surface area (Å²) in [6, 6.07) is 8.75. The van der Waals surface area contributed by atoms with Crippen LogP contribution in [0.25, 0.3) is 0 Å². The maximum absolute atomic E-state index is 5.57. The highest BCUT2D eigenvalue weighted by molar-refractivity contribution is 14.1. The van der Waals surface area contributed by atoms with Gasteiger partial charge in [-0.25, -0.2) is 0 Å². The molecule has 0 heterocycles. The first kappa shape index (κ1) is 13.0. The fourth-order valence-corrected chi connectivity index (χ4v) is 2.22. The minimum absolute atomic E-state index is 0.157. The van der Waals surface area contributed by atoms with E-state index >= 15 is 0 Å². The molecule has 1 rings (SSSR count). The number of methoxy groups -OCH3 is 1. The van der Waals surface area contributed by atoms with E-state index in [9.17, 15) is 0 Å². The van der Waals surface area contributed by atoms with Crippen molar-refractivity contribution in [3.63, 3.8) is 0 Å². The molecule has 0 fully saturated rings. The second kappa shape index (κ2) is 5.30. The molecule has 2 heteroatoms. The van der Waals surface area contributed by atoms with Crippen LogP contribution in [0.1, 0.15) is 37.8 Å². The first-order valence-corrected chi connectivity index (χ1v) is 6.77. The number of hydrogen-bond acceptors (Lipinski definition) is 1. The number of rotatable bonds is 4. The highest BCUT2D eigenvalue weighted by atomic mass is 127. The second-order valence-electron chi connectivity index (χ2n) is 4.35. The molecule has 0 bridgehead atoms. The molecule has 0 aromatic heterocycles. The van der Waals surface area contributed by atoms with Crippen molar-refractivity contribution in [2.75, 3.05) is 11.5 Å². The van der Waals surface area contributed by atoms with Crippen LogP contribution in [0.2, 0.25) is 0 Å². The maximum atomic E-state index is 5.57. The van der Waals surface area contributed by atoms with Gasteiger partial charge in [-0.1, -0.05) is 60.7 Å². The number of benzene rings is 1. The van der Waals surface area contributed by atoms with Gasteiger partial charge in [0.15, 0.2) is 0 Å². The molecule has 1 nitrogen and oxygen atoms in total. The van der Waals surface area contributed by atoms with Gasteiger partial charge >= 0.3 is 0 Å². The molecule has 15 heavy (non-hydrogen) atoms. The third-order valence-corrected chi connectivity index (χ3v) is 4.35. The van der Waals surface area contributed by atoms with Crippen LogP contribution in [0.15, 0.2) is 24.3 Å². The zero-order chi connectivity index (χ0) is 11.5. The Morgan fingerprint density at radius 3 is 2.13 bits per heavy atom. The number of halogens is 1. The lowest BCUT2D eigenvalue weighted by Crippen LogP contribution is -2.25.